The first kappa shape index (κ1) is 14.4. The van der Waals surface area contributed by atoms with Crippen molar-refractivity contribution >= 4 is 39.3 Å². The summed E-state index contributed by atoms with van der Waals surface area (Å²) >= 11 is 3.30. The molecule has 2 aromatic rings. The minimum atomic E-state index is -0.551. The van der Waals surface area contributed by atoms with E-state index in [0.717, 1.165) is 9.37 Å². The topological polar surface area (TPSA) is 79.4 Å². The Morgan fingerprint density at radius 2 is 2.00 bits per heavy atom. The van der Waals surface area contributed by atoms with Crippen LogP contribution in [0.2, 0.25) is 0 Å². The fraction of sp³-hybridized carbons (Fsp3) is 0.0667. The molecule has 22 heavy (non-hydrogen) atoms. The van der Waals surface area contributed by atoms with Crippen molar-refractivity contribution in [2.75, 3.05) is 11.9 Å². The molecule has 2 heterocycles. The van der Waals surface area contributed by atoms with Gasteiger partial charge in [0.15, 0.2) is 0 Å². The number of rotatable bonds is 3. The van der Waals surface area contributed by atoms with Gasteiger partial charge in [0.05, 0.1) is 5.56 Å². The largest absolute Gasteiger partial charge is 0.324 e. The quantitative estimate of drug-likeness (QED) is 0.850. The van der Waals surface area contributed by atoms with Gasteiger partial charge in [-0.05, 0) is 30.3 Å². The van der Waals surface area contributed by atoms with Gasteiger partial charge in [0.1, 0.15) is 12.2 Å². The van der Waals surface area contributed by atoms with Crippen molar-refractivity contribution in [3.05, 3.63) is 58.3 Å². The number of pyridine rings is 1. The number of hydrogen-bond donors (Lipinski definition) is 1. The molecule has 1 aromatic heterocycles. The van der Waals surface area contributed by atoms with Crippen molar-refractivity contribution in [2.45, 2.75) is 0 Å². The summed E-state index contributed by atoms with van der Waals surface area (Å²) in [6.45, 7) is -0.347. The molecule has 0 radical (unpaired) electrons. The monoisotopic (exact) mass is 359 g/mol. The molecule has 1 N–H and O–H groups in total. The summed E-state index contributed by atoms with van der Waals surface area (Å²) in [6, 6.07) is 10.1. The molecule has 0 saturated carbocycles. The number of benzene rings is 1. The summed E-state index contributed by atoms with van der Waals surface area (Å²) in [5, 5.41) is 2.64. The van der Waals surface area contributed by atoms with Crippen LogP contribution in [0.5, 0.6) is 0 Å². The molecular weight excluding hydrogens is 350 g/mol. The number of halogens is 1. The molecule has 1 aromatic carbocycles. The van der Waals surface area contributed by atoms with Crippen LogP contribution < -0.4 is 5.32 Å². The Labute approximate surface area is 134 Å². The second-order valence-electron chi connectivity index (χ2n) is 4.65. The van der Waals surface area contributed by atoms with E-state index in [1.54, 1.807) is 24.3 Å². The maximum Gasteiger partial charge on any atom is 0.280 e. The van der Waals surface area contributed by atoms with E-state index in [4.69, 9.17) is 0 Å². The Bertz CT molecular complexity index is 756. The van der Waals surface area contributed by atoms with E-state index in [1.807, 2.05) is 6.07 Å². The van der Waals surface area contributed by atoms with Crippen LogP contribution in [-0.2, 0) is 4.79 Å². The van der Waals surface area contributed by atoms with Gasteiger partial charge in [0.2, 0.25) is 5.91 Å². The minimum Gasteiger partial charge on any atom is -0.324 e. The van der Waals surface area contributed by atoms with Gasteiger partial charge in [-0.1, -0.05) is 22.0 Å². The molecular formula is C15H10BrN3O3. The predicted molar refractivity (Wildman–Crippen MR) is 82.4 cm³/mol. The molecule has 1 aliphatic heterocycles. The first-order chi connectivity index (χ1) is 10.6. The lowest BCUT2D eigenvalue weighted by molar-refractivity contribution is -0.116. The summed E-state index contributed by atoms with van der Waals surface area (Å²) in [4.78, 5) is 41.0. The summed E-state index contributed by atoms with van der Waals surface area (Å²) < 4.78 is 0.815. The van der Waals surface area contributed by atoms with Crippen LogP contribution in [0.3, 0.4) is 0 Å². The number of hydrogen-bond acceptors (Lipinski definition) is 4. The molecule has 110 valence electrons. The van der Waals surface area contributed by atoms with Gasteiger partial charge in [0.25, 0.3) is 11.8 Å². The van der Waals surface area contributed by atoms with Crippen molar-refractivity contribution in [3.63, 3.8) is 0 Å². The average molecular weight is 360 g/mol. The van der Waals surface area contributed by atoms with Gasteiger partial charge in [0, 0.05) is 16.4 Å². The highest BCUT2D eigenvalue weighted by Gasteiger charge is 2.37. The first-order valence-corrected chi connectivity index (χ1v) is 7.22. The number of nitrogens with one attached hydrogen (secondary N) is 1. The highest BCUT2D eigenvalue weighted by Crippen LogP contribution is 2.20. The van der Waals surface area contributed by atoms with E-state index in [-0.39, 0.29) is 17.8 Å². The molecule has 0 spiro atoms. The predicted octanol–water partition coefficient (Wildman–Crippen LogP) is 2.08. The van der Waals surface area contributed by atoms with Crippen molar-refractivity contribution in [1.29, 1.82) is 0 Å². The Morgan fingerprint density at radius 1 is 1.18 bits per heavy atom. The van der Waals surface area contributed by atoms with Crippen LogP contribution in [0, 0.1) is 0 Å². The Morgan fingerprint density at radius 3 is 2.73 bits per heavy atom. The molecule has 0 bridgehead atoms. The normalized spacial score (nSPS) is 13.2. The summed E-state index contributed by atoms with van der Waals surface area (Å²) in [7, 11) is 0. The third-order valence-corrected chi connectivity index (χ3v) is 3.63. The Kier molecular flexibility index (Phi) is 3.72. The number of aromatic nitrogens is 1. The number of amides is 3. The van der Waals surface area contributed by atoms with E-state index in [9.17, 15) is 14.4 Å². The van der Waals surface area contributed by atoms with Gasteiger partial charge >= 0.3 is 0 Å². The maximum absolute atomic E-state index is 12.1. The van der Waals surface area contributed by atoms with Crippen LogP contribution in [0.15, 0.2) is 47.1 Å². The highest BCUT2D eigenvalue weighted by atomic mass is 79.9. The smallest absolute Gasteiger partial charge is 0.280 e. The first-order valence-electron chi connectivity index (χ1n) is 6.43. The number of anilines is 1. The van der Waals surface area contributed by atoms with Crippen LogP contribution in [0.4, 0.5) is 5.69 Å². The lowest BCUT2D eigenvalue weighted by Crippen LogP contribution is -2.37. The third-order valence-electron chi connectivity index (χ3n) is 3.14. The zero-order valence-corrected chi connectivity index (χ0v) is 12.8. The minimum absolute atomic E-state index is 0.0859. The fourth-order valence-electron chi connectivity index (χ4n) is 2.17. The third kappa shape index (κ3) is 2.62. The molecule has 3 rings (SSSR count). The summed E-state index contributed by atoms with van der Waals surface area (Å²) in [5.41, 5.74) is 0.889. The molecule has 0 fully saturated rings. The van der Waals surface area contributed by atoms with E-state index in [2.05, 4.69) is 26.2 Å². The van der Waals surface area contributed by atoms with Crippen molar-refractivity contribution in [1.82, 2.24) is 9.88 Å². The molecule has 7 heteroatoms. The van der Waals surface area contributed by atoms with Crippen LogP contribution in [0.25, 0.3) is 0 Å². The Balaban J connectivity index is 1.73. The maximum atomic E-state index is 12.1. The highest BCUT2D eigenvalue weighted by molar-refractivity contribution is 9.10. The van der Waals surface area contributed by atoms with Crippen molar-refractivity contribution in [3.8, 4) is 0 Å². The van der Waals surface area contributed by atoms with Gasteiger partial charge in [-0.25, -0.2) is 0 Å². The van der Waals surface area contributed by atoms with Crippen LogP contribution in [-0.4, -0.2) is 34.2 Å². The number of carbonyl (C=O) groups excluding carboxylic acids is 3. The van der Waals surface area contributed by atoms with Crippen LogP contribution in [0.1, 0.15) is 20.8 Å². The number of carbonyl (C=O) groups is 3. The van der Waals surface area contributed by atoms with Gasteiger partial charge in [-0.15, -0.1) is 0 Å². The average Bonchev–Trinajstić information content (AvgIpc) is 2.73. The molecule has 0 atom stereocenters. The number of nitrogens with zero attached hydrogens (tertiary/aromatic N) is 2. The molecule has 3 amide bonds. The second-order valence-corrected chi connectivity index (χ2v) is 5.57. The molecule has 1 aliphatic rings. The number of fused-ring (bicyclic) bond motifs is 1. The van der Waals surface area contributed by atoms with E-state index in [1.165, 1.54) is 12.3 Å². The van der Waals surface area contributed by atoms with E-state index < -0.39 is 17.7 Å². The zero-order chi connectivity index (χ0) is 15.7. The zero-order valence-electron chi connectivity index (χ0n) is 11.2. The molecule has 0 aliphatic carbocycles. The van der Waals surface area contributed by atoms with Crippen molar-refractivity contribution < 1.29 is 14.4 Å². The Hall–Kier alpha value is -2.54. The lowest BCUT2D eigenvalue weighted by atomic mass is 10.2. The van der Waals surface area contributed by atoms with Crippen LogP contribution >= 0.6 is 15.9 Å². The summed E-state index contributed by atoms with van der Waals surface area (Å²) in [6.07, 6.45) is 1.44. The molecule has 0 unspecified atom stereocenters. The van der Waals surface area contributed by atoms with Gasteiger partial charge < -0.3 is 5.32 Å². The number of imide groups is 1. The standard InChI is InChI=1S/C15H10BrN3O3/c16-9-3-1-4-10(7-9)18-12(20)8-19-14(21)11-5-2-6-17-13(11)15(19)22/h1-7H,8H2,(H,18,20). The SMILES string of the molecule is O=C(CN1C(=O)c2cccnc2C1=O)Nc1cccc(Br)c1. The van der Waals surface area contributed by atoms with Gasteiger partial charge in [-0.2, -0.15) is 0 Å². The van der Waals surface area contributed by atoms with Crippen molar-refractivity contribution in [2.24, 2.45) is 0 Å². The fourth-order valence-corrected chi connectivity index (χ4v) is 2.57. The van der Waals surface area contributed by atoms with E-state index in [0.29, 0.717) is 5.69 Å². The van der Waals surface area contributed by atoms with Gasteiger partial charge in [-0.3, -0.25) is 24.3 Å². The summed E-state index contributed by atoms with van der Waals surface area (Å²) in [5.74, 6) is -1.50. The molecule has 6 nitrogen and oxygen atoms in total. The molecule has 0 saturated heterocycles. The van der Waals surface area contributed by atoms with E-state index >= 15 is 0 Å². The lowest BCUT2D eigenvalue weighted by Gasteiger charge is -2.13. The second kappa shape index (κ2) is 5.69.